The van der Waals surface area contributed by atoms with Crippen molar-refractivity contribution in [2.45, 2.75) is 75.5 Å². The van der Waals surface area contributed by atoms with Crippen molar-refractivity contribution in [3.63, 3.8) is 0 Å². The number of methoxy groups -OCH3 is 1. The number of hydrogen-bond donors (Lipinski definition) is 2. The van der Waals surface area contributed by atoms with E-state index in [-0.39, 0.29) is 41.4 Å². The van der Waals surface area contributed by atoms with Crippen LogP contribution in [0.1, 0.15) is 91.0 Å². The highest BCUT2D eigenvalue weighted by molar-refractivity contribution is 6.06. The molecule has 1 saturated carbocycles. The summed E-state index contributed by atoms with van der Waals surface area (Å²) >= 11 is 0. The van der Waals surface area contributed by atoms with E-state index in [0.29, 0.717) is 17.9 Å². The molecule has 1 atom stereocenters. The molecule has 3 amide bonds. The minimum absolute atomic E-state index is 0.184. The third kappa shape index (κ3) is 7.03. The zero-order valence-electron chi connectivity index (χ0n) is 31.0. The van der Waals surface area contributed by atoms with Gasteiger partial charge in [0.1, 0.15) is 18.1 Å². The van der Waals surface area contributed by atoms with Gasteiger partial charge in [-0.25, -0.2) is 14.8 Å². The summed E-state index contributed by atoms with van der Waals surface area (Å²) in [6, 6.07) is 8.72. The van der Waals surface area contributed by atoms with Gasteiger partial charge >= 0.3 is 11.9 Å². The van der Waals surface area contributed by atoms with Crippen molar-refractivity contribution in [1.29, 1.82) is 0 Å². The molecule has 2 aliphatic heterocycles. The number of amides is 3. The monoisotopic (exact) mass is 773 g/mol. The Morgan fingerprint density at radius 1 is 1.04 bits per heavy atom. The summed E-state index contributed by atoms with van der Waals surface area (Å²) in [4.78, 5) is 60.2. The maximum Gasteiger partial charge on any atom is 0.434 e. The van der Waals surface area contributed by atoms with Gasteiger partial charge in [0.05, 0.1) is 41.0 Å². The molecule has 3 aliphatic rings. The summed E-state index contributed by atoms with van der Waals surface area (Å²) in [5.74, 6) is -0.663. The number of imide groups is 1. The lowest BCUT2D eigenvalue weighted by Gasteiger charge is -2.37. The summed E-state index contributed by atoms with van der Waals surface area (Å²) < 4.78 is 51.1. The smallest absolute Gasteiger partial charge is 0.434 e. The Morgan fingerprint density at radius 2 is 1.80 bits per heavy atom. The number of anilines is 1. The zero-order valence-corrected chi connectivity index (χ0v) is 31.0. The maximum absolute atomic E-state index is 13.5. The molecule has 3 fully saturated rings. The number of benzene rings is 2. The summed E-state index contributed by atoms with van der Waals surface area (Å²) in [5.41, 5.74) is 1.29. The molecular weight excluding hydrogens is 731 g/mol. The number of para-hydroxylation sites is 1. The molecule has 1 aliphatic carbocycles. The number of nitrogens with one attached hydrogen (secondary N) is 2. The summed E-state index contributed by atoms with van der Waals surface area (Å²) in [5, 5.41) is 10.4. The second-order valence-electron chi connectivity index (χ2n) is 15.1. The van der Waals surface area contributed by atoms with E-state index < -0.39 is 35.3 Å². The van der Waals surface area contributed by atoms with Crippen molar-refractivity contribution in [1.82, 2.24) is 39.1 Å². The number of halogens is 3. The van der Waals surface area contributed by atoms with Gasteiger partial charge in [0.15, 0.2) is 5.69 Å². The number of alkyl halides is 3. The maximum atomic E-state index is 13.5. The van der Waals surface area contributed by atoms with Crippen LogP contribution in [-0.4, -0.2) is 78.2 Å². The Kier molecular flexibility index (Phi) is 9.88. The van der Waals surface area contributed by atoms with Crippen LogP contribution < -0.4 is 21.1 Å². The van der Waals surface area contributed by atoms with E-state index in [1.807, 2.05) is 23.0 Å². The third-order valence-electron chi connectivity index (χ3n) is 11.7. The molecule has 8 rings (SSSR count). The molecule has 2 N–H and O–H groups in total. The molecule has 0 radical (unpaired) electrons. The second-order valence-corrected chi connectivity index (χ2v) is 15.1. The number of aromatic nitrogens is 6. The van der Waals surface area contributed by atoms with Gasteiger partial charge in [-0.3, -0.25) is 33.5 Å². The molecular formula is C39H42F3N9O5. The van der Waals surface area contributed by atoms with E-state index in [9.17, 15) is 32.3 Å². The minimum Gasteiger partial charge on any atom is -0.494 e. The number of ether oxygens (including phenoxy) is 1. The number of carbonyl (C=O) groups excluding carboxylic acids is 3. The van der Waals surface area contributed by atoms with Crippen LogP contribution in [0.5, 0.6) is 5.75 Å². The van der Waals surface area contributed by atoms with Crippen molar-refractivity contribution in [3.8, 4) is 5.75 Å². The Hall–Kier alpha value is -5.58. The molecule has 3 aromatic heterocycles. The topological polar surface area (TPSA) is 158 Å². The first-order valence-corrected chi connectivity index (χ1v) is 18.9. The Morgan fingerprint density at radius 3 is 2.52 bits per heavy atom. The first-order chi connectivity index (χ1) is 26.9. The van der Waals surface area contributed by atoms with E-state index in [0.717, 1.165) is 92.7 Å². The number of likely N-dealkylation sites (tertiary alicyclic amines) is 1. The average molecular weight is 774 g/mol. The van der Waals surface area contributed by atoms with Crippen molar-refractivity contribution in [2.75, 3.05) is 32.1 Å². The fourth-order valence-electron chi connectivity index (χ4n) is 8.85. The number of piperidine rings is 2. The second kappa shape index (κ2) is 14.8. The number of rotatable bonds is 8. The molecule has 56 heavy (non-hydrogen) atoms. The largest absolute Gasteiger partial charge is 0.494 e. The highest BCUT2D eigenvalue weighted by Gasteiger charge is 2.38. The predicted octanol–water partition coefficient (Wildman–Crippen LogP) is 5.35. The van der Waals surface area contributed by atoms with Gasteiger partial charge in [-0.15, -0.1) is 0 Å². The van der Waals surface area contributed by atoms with Crippen LogP contribution in [0, 0.1) is 5.92 Å². The van der Waals surface area contributed by atoms with Crippen molar-refractivity contribution in [3.05, 3.63) is 76.4 Å². The lowest BCUT2D eigenvalue weighted by Crippen LogP contribution is -2.44. The van der Waals surface area contributed by atoms with Gasteiger partial charge in [0, 0.05) is 43.9 Å². The Labute approximate surface area is 319 Å². The van der Waals surface area contributed by atoms with E-state index in [4.69, 9.17) is 9.84 Å². The van der Waals surface area contributed by atoms with E-state index >= 15 is 0 Å². The average Bonchev–Trinajstić information content (AvgIpc) is 3.72. The molecule has 17 heteroatoms. The summed E-state index contributed by atoms with van der Waals surface area (Å²) in [7, 11) is 3.17. The van der Waals surface area contributed by atoms with Crippen LogP contribution in [0.2, 0.25) is 0 Å². The van der Waals surface area contributed by atoms with Gasteiger partial charge in [-0.1, -0.05) is 12.1 Å². The fourth-order valence-corrected chi connectivity index (χ4v) is 8.85. The Balaban J connectivity index is 0.884. The number of hydrogen-bond acceptors (Lipinski definition) is 9. The van der Waals surface area contributed by atoms with Crippen molar-refractivity contribution in [2.24, 2.45) is 13.0 Å². The quantitative estimate of drug-likeness (QED) is 0.199. The molecule has 1 unspecified atom stereocenters. The van der Waals surface area contributed by atoms with Crippen molar-refractivity contribution >= 4 is 45.3 Å². The van der Waals surface area contributed by atoms with Gasteiger partial charge in [-0.2, -0.15) is 18.3 Å². The van der Waals surface area contributed by atoms with Crippen LogP contribution in [-0.2, 0) is 22.8 Å². The number of imidazole rings is 1. The third-order valence-corrected chi connectivity index (χ3v) is 11.7. The van der Waals surface area contributed by atoms with Crippen LogP contribution in [0.3, 0.4) is 0 Å². The molecule has 294 valence electrons. The highest BCUT2D eigenvalue weighted by atomic mass is 19.4. The highest BCUT2D eigenvalue weighted by Crippen LogP contribution is 2.38. The first-order valence-electron chi connectivity index (χ1n) is 18.9. The fraction of sp³-hybridized carbons (Fsp3) is 0.462. The molecule has 5 aromatic rings. The molecule has 0 spiro atoms. The normalized spacial score (nSPS) is 21.4. The number of fused-ring (bicyclic) bond motifs is 2. The van der Waals surface area contributed by atoms with Gasteiger partial charge in [0.2, 0.25) is 11.8 Å². The predicted molar refractivity (Wildman–Crippen MR) is 199 cm³/mol. The molecule has 5 heterocycles. The molecule has 2 aromatic carbocycles. The van der Waals surface area contributed by atoms with Crippen LogP contribution >= 0.6 is 0 Å². The Bertz CT molecular complexity index is 2390. The van der Waals surface area contributed by atoms with E-state index in [1.165, 1.54) is 7.11 Å². The standard InChI is InChI=1S/C39H42F3N9O5/c1-48-34-26(4-3-5-30(34)51(38(48)55)31-10-11-33(52)46-37(31)54)23-12-14-49(15-13-23)19-22-6-8-25(9-7-22)50-20-24-16-29(32(56-2)17-28(24)47-50)45-36(53)27-18-43-21-44-35(27)39(40,41)42/h3-5,16-18,20-23,25,31H,6-15,19H2,1-2H3,(H,45,53)(H,46,52,54). The lowest BCUT2D eigenvalue weighted by molar-refractivity contribution is -0.141. The number of carbonyl (C=O) groups is 3. The van der Waals surface area contributed by atoms with Crippen LogP contribution in [0.4, 0.5) is 18.9 Å². The minimum atomic E-state index is -4.82. The van der Waals surface area contributed by atoms with Gasteiger partial charge in [-0.05, 0) is 87.6 Å². The first kappa shape index (κ1) is 37.3. The van der Waals surface area contributed by atoms with Crippen molar-refractivity contribution < 1.29 is 32.3 Å². The van der Waals surface area contributed by atoms with Crippen LogP contribution in [0.25, 0.3) is 21.9 Å². The SMILES string of the molecule is COc1cc2nn(C3CCC(CN4CCC(c5cccc6c5n(C)c(=O)n6C5CCC(=O)NC5=O)CC4)CC3)cc2cc1NC(=O)c1cncnc1C(F)(F)F. The van der Waals surface area contributed by atoms with Gasteiger partial charge in [0.25, 0.3) is 5.91 Å². The van der Waals surface area contributed by atoms with E-state index in [1.54, 1.807) is 28.3 Å². The summed E-state index contributed by atoms with van der Waals surface area (Å²) in [6.45, 7) is 2.91. The zero-order chi connectivity index (χ0) is 39.3. The molecule has 2 saturated heterocycles. The number of nitrogens with zero attached hydrogens (tertiary/aromatic N) is 7. The molecule has 14 nitrogen and oxygen atoms in total. The summed E-state index contributed by atoms with van der Waals surface area (Å²) in [6.07, 6.45) is 5.08. The molecule has 0 bridgehead atoms. The lowest BCUT2D eigenvalue weighted by atomic mass is 9.84. The van der Waals surface area contributed by atoms with Gasteiger partial charge < -0.3 is 15.0 Å². The number of aryl methyl sites for hydroxylation is 1. The van der Waals surface area contributed by atoms with E-state index in [2.05, 4.69) is 31.6 Å². The van der Waals surface area contributed by atoms with Crippen LogP contribution in [0.15, 0.2) is 53.8 Å².